The summed E-state index contributed by atoms with van der Waals surface area (Å²) in [7, 11) is 0. The molecular formula is C10H16N2O2. The van der Waals surface area contributed by atoms with Crippen LogP contribution >= 0.6 is 0 Å². The normalized spacial score (nSPS) is 22.4. The summed E-state index contributed by atoms with van der Waals surface area (Å²) in [4.78, 5) is 0. The maximum Gasteiger partial charge on any atom is 0.157 e. The minimum atomic E-state index is 0.0133. The summed E-state index contributed by atoms with van der Waals surface area (Å²) in [5.41, 5.74) is 0. The molecule has 1 unspecified atom stereocenters. The molecule has 4 heteroatoms. The number of hydrogen-bond acceptors (Lipinski definition) is 3. The number of aromatic nitrogens is 2. The van der Waals surface area contributed by atoms with Gasteiger partial charge in [-0.25, -0.2) is 0 Å². The number of hydrogen-bond donors (Lipinski definition) is 0. The maximum atomic E-state index is 5.57. The molecule has 1 atom stereocenters. The van der Waals surface area contributed by atoms with Gasteiger partial charge in [-0.2, -0.15) is 5.10 Å². The average Bonchev–Trinajstić information content (AvgIpc) is 2.72. The lowest BCUT2D eigenvalue weighted by Crippen LogP contribution is -2.24. The summed E-state index contributed by atoms with van der Waals surface area (Å²) < 4.78 is 12.9. The molecule has 1 saturated heterocycles. The number of rotatable bonds is 4. The Morgan fingerprint density at radius 1 is 1.50 bits per heavy atom. The van der Waals surface area contributed by atoms with Crippen molar-refractivity contribution in [2.24, 2.45) is 0 Å². The predicted octanol–water partition coefficient (Wildman–Crippen LogP) is 1.43. The first kappa shape index (κ1) is 9.68. The quantitative estimate of drug-likeness (QED) is 0.730. The van der Waals surface area contributed by atoms with Gasteiger partial charge in [0.05, 0.1) is 13.2 Å². The van der Waals surface area contributed by atoms with Crippen LogP contribution in [0.25, 0.3) is 0 Å². The third-order valence-corrected chi connectivity index (χ3v) is 2.32. The third kappa shape index (κ3) is 2.82. The van der Waals surface area contributed by atoms with Gasteiger partial charge in [0.25, 0.3) is 0 Å². The second-order valence-corrected chi connectivity index (χ2v) is 3.44. The Hall–Kier alpha value is -0.870. The molecule has 1 aliphatic rings. The largest absolute Gasteiger partial charge is 0.353 e. The smallest absolute Gasteiger partial charge is 0.157 e. The Bertz CT molecular complexity index is 243. The molecule has 0 spiro atoms. The van der Waals surface area contributed by atoms with E-state index in [-0.39, 0.29) is 6.29 Å². The molecule has 14 heavy (non-hydrogen) atoms. The molecule has 0 amide bonds. The van der Waals surface area contributed by atoms with Crippen LogP contribution in [0.4, 0.5) is 0 Å². The molecule has 1 aliphatic heterocycles. The van der Waals surface area contributed by atoms with E-state index in [0.717, 1.165) is 19.6 Å². The second kappa shape index (κ2) is 5.12. The molecule has 0 saturated carbocycles. The van der Waals surface area contributed by atoms with E-state index in [1.807, 2.05) is 16.9 Å². The highest BCUT2D eigenvalue weighted by molar-refractivity contribution is 4.77. The second-order valence-electron chi connectivity index (χ2n) is 3.44. The molecule has 0 aliphatic carbocycles. The molecule has 2 rings (SSSR count). The highest BCUT2D eigenvalue weighted by Crippen LogP contribution is 2.13. The first-order chi connectivity index (χ1) is 6.95. The van der Waals surface area contributed by atoms with Gasteiger partial charge in [0, 0.05) is 19.0 Å². The summed E-state index contributed by atoms with van der Waals surface area (Å²) >= 11 is 0. The summed E-state index contributed by atoms with van der Waals surface area (Å²) in [6.07, 6.45) is 7.13. The van der Waals surface area contributed by atoms with Gasteiger partial charge in [-0.3, -0.25) is 4.68 Å². The molecule has 0 aromatic carbocycles. The Morgan fingerprint density at radius 2 is 2.50 bits per heavy atom. The summed E-state index contributed by atoms with van der Waals surface area (Å²) in [6.45, 7) is 2.31. The van der Waals surface area contributed by atoms with E-state index in [1.165, 1.54) is 12.8 Å². The van der Waals surface area contributed by atoms with Gasteiger partial charge in [-0.15, -0.1) is 0 Å². The topological polar surface area (TPSA) is 36.3 Å². The zero-order valence-electron chi connectivity index (χ0n) is 8.26. The Labute approximate surface area is 83.8 Å². The van der Waals surface area contributed by atoms with Gasteiger partial charge in [-0.1, -0.05) is 0 Å². The standard InChI is InChI=1S/C10H16N2O2/c1-2-8-13-10(4-1)14-9-7-12-6-3-5-11-12/h3,5-6,10H,1-2,4,7-9H2. The first-order valence-electron chi connectivity index (χ1n) is 5.16. The fraction of sp³-hybridized carbons (Fsp3) is 0.700. The highest BCUT2D eigenvalue weighted by atomic mass is 16.7. The molecule has 1 aromatic heterocycles. The average molecular weight is 196 g/mol. The SMILES string of the molecule is c1cnn(CCOC2CCCCO2)c1. The van der Waals surface area contributed by atoms with E-state index in [0.29, 0.717) is 6.61 Å². The predicted molar refractivity (Wildman–Crippen MR) is 51.8 cm³/mol. The van der Waals surface area contributed by atoms with Crippen molar-refractivity contribution >= 4 is 0 Å². The minimum absolute atomic E-state index is 0.0133. The molecule has 1 fully saturated rings. The molecule has 0 N–H and O–H groups in total. The van der Waals surface area contributed by atoms with Gasteiger partial charge in [0.1, 0.15) is 0 Å². The van der Waals surface area contributed by atoms with E-state index in [9.17, 15) is 0 Å². The Kier molecular flexibility index (Phi) is 3.54. The molecule has 1 aromatic rings. The van der Waals surface area contributed by atoms with Crippen molar-refractivity contribution in [3.63, 3.8) is 0 Å². The van der Waals surface area contributed by atoms with Crippen molar-refractivity contribution in [3.05, 3.63) is 18.5 Å². The first-order valence-corrected chi connectivity index (χ1v) is 5.16. The van der Waals surface area contributed by atoms with Crippen LogP contribution in [-0.4, -0.2) is 29.3 Å². The van der Waals surface area contributed by atoms with E-state index in [2.05, 4.69) is 5.10 Å². The number of ether oxygens (including phenoxy) is 2. The van der Waals surface area contributed by atoms with Crippen LogP contribution in [0.3, 0.4) is 0 Å². The molecule has 78 valence electrons. The monoisotopic (exact) mass is 196 g/mol. The van der Waals surface area contributed by atoms with E-state index in [1.54, 1.807) is 6.20 Å². The van der Waals surface area contributed by atoms with E-state index < -0.39 is 0 Å². The van der Waals surface area contributed by atoms with E-state index >= 15 is 0 Å². The molecule has 0 bridgehead atoms. The van der Waals surface area contributed by atoms with E-state index in [4.69, 9.17) is 9.47 Å². The van der Waals surface area contributed by atoms with Crippen LogP contribution in [0.1, 0.15) is 19.3 Å². The minimum Gasteiger partial charge on any atom is -0.353 e. The van der Waals surface area contributed by atoms with Crippen molar-refractivity contribution in [1.29, 1.82) is 0 Å². The van der Waals surface area contributed by atoms with Crippen molar-refractivity contribution in [2.75, 3.05) is 13.2 Å². The van der Waals surface area contributed by atoms with Crippen LogP contribution in [0.15, 0.2) is 18.5 Å². The van der Waals surface area contributed by atoms with Crippen molar-refractivity contribution in [3.8, 4) is 0 Å². The number of nitrogens with zero attached hydrogens (tertiary/aromatic N) is 2. The van der Waals surface area contributed by atoms with Crippen LogP contribution in [-0.2, 0) is 16.0 Å². The van der Waals surface area contributed by atoms with Gasteiger partial charge in [-0.05, 0) is 25.3 Å². The molecular weight excluding hydrogens is 180 g/mol. The zero-order chi connectivity index (χ0) is 9.64. The van der Waals surface area contributed by atoms with Gasteiger partial charge in [0.2, 0.25) is 0 Å². The lowest BCUT2D eigenvalue weighted by atomic mass is 10.2. The summed E-state index contributed by atoms with van der Waals surface area (Å²) in [5, 5.41) is 4.09. The zero-order valence-corrected chi connectivity index (χ0v) is 8.26. The van der Waals surface area contributed by atoms with Crippen LogP contribution < -0.4 is 0 Å². The molecule has 4 nitrogen and oxygen atoms in total. The Balaban J connectivity index is 1.62. The third-order valence-electron chi connectivity index (χ3n) is 2.32. The fourth-order valence-corrected chi connectivity index (χ4v) is 1.55. The van der Waals surface area contributed by atoms with Crippen molar-refractivity contribution in [2.45, 2.75) is 32.1 Å². The summed E-state index contributed by atoms with van der Waals surface area (Å²) in [6, 6.07) is 1.91. The summed E-state index contributed by atoms with van der Waals surface area (Å²) in [5.74, 6) is 0. The maximum absolute atomic E-state index is 5.57. The van der Waals surface area contributed by atoms with Crippen molar-refractivity contribution < 1.29 is 9.47 Å². The highest BCUT2D eigenvalue weighted by Gasteiger charge is 2.13. The van der Waals surface area contributed by atoms with Gasteiger partial charge < -0.3 is 9.47 Å². The van der Waals surface area contributed by atoms with Crippen LogP contribution in [0.2, 0.25) is 0 Å². The van der Waals surface area contributed by atoms with Crippen LogP contribution in [0, 0.1) is 0 Å². The lowest BCUT2D eigenvalue weighted by Gasteiger charge is -2.22. The molecule has 2 heterocycles. The fourth-order valence-electron chi connectivity index (χ4n) is 1.55. The Morgan fingerprint density at radius 3 is 3.21 bits per heavy atom. The van der Waals surface area contributed by atoms with Crippen LogP contribution in [0.5, 0.6) is 0 Å². The van der Waals surface area contributed by atoms with Gasteiger partial charge in [0.15, 0.2) is 6.29 Å². The van der Waals surface area contributed by atoms with Gasteiger partial charge >= 0.3 is 0 Å². The lowest BCUT2D eigenvalue weighted by molar-refractivity contribution is -0.163. The molecule has 0 radical (unpaired) electrons. The van der Waals surface area contributed by atoms with Crippen molar-refractivity contribution in [1.82, 2.24) is 9.78 Å².